The number of anilines is 1. The van der Waals surface area contributed by atoms with Crippen LogP contribution >= 0.6 is 0 Å². The highest BCUT2D eigenvalue weighted by molar-refractivity contribution is 7.89. The van der Waals surface area contributed by atoms with Crippen molar-refractivity contribution in [2.75, 3.05) is 18.5 Å². The van der Waals surface area contributed by atoms with E-state index in [0.29, 0.717) is 11.4 Å². The summed E-state index contributed by atoms with van der Waals surface area (Å²) in [5.74, 6) is 0. The zero-order valence-electron chi connectivity index (χ0n) is 12.2. The first kappa shape index (κ1) is 15.5. The standard InChI is InChI=1S/C16H20N2O2S/c1-14(18(2)15-9-5-3-6-10-15)13-17-21(19,20)16-11-7-4-8-12-16/h3-12,14,17H,13H2,1-2H3/t14-/m1/s1. The van der Waals surface area contributed by atoms with Crippen LogP contribution in [0.15, 0.2) is 65.6 Å². The minimum Gasteiger partial charge on any atom is -0.371 e. The zero-order valence-corrected chi connectivity index (χ0v) is 13.0. The number of para-hydroxylation sites is 1. The Bertz CT molecular complexity index is 657. The van der Waals surface area contributed by atoms with E-state index in [0.717, 1.165) is 5.69 Å². The fourth-order valence-corrected chi connectivity index (χ4v) is 3.11. The fourth-order valence-electron chi connectivity index (χ4n) is 1.97. The van der Waals surface area contributed by atoms with Gasteiger partial charge in [0.2, 0.25) is 10.0 Å². The lowest BCUT2D eigenvalue weighted by molar-refractivity contribution is 0.570. The van der Waals surface area contributed by atoms with E-state index in [1.807, 2.05) is 49.2 Å². The fraction of sp³-hybridized carbons (Fsp3) is 0.250. The van der Waals surface area contributed by atoms with Gasteiger partial charge in [-0.15, -0.1) is 0 Å². The molecule has 0 saturated carbocycles. The Morgan fingerprint density at radius 1 is 1.00 bits per heavy atom. The number of benzene rings is 2. The largest absolute Gasteiger partial charge is 0.371 e. The number of hydrogen-bond acceptors (Lipinski definition) is 3. The Labute approximate surface area is 126 Å². The molecule has 2 rings (SSSR count). The monoisotopic (exact) mass is 304 g/mol. The minimum absolute atomic E-state index is 0.0471. The molecule has 2 aromatic carbocycles. The molecular weight excluding hydrogens is 284 g/mol. The molecule has 1 atom stereocenters. The first-order valence-electron chi connectivity index (χ1n) is 6.83. The van der Waals surface area contributed by atoms with Gasteiger partial charge in [0.1, 0.15) is 0 Å². The second-order valence-corrected chi connectivity index (χ2v) is 6.73. The Hall–Kier alpha value is -1.85. The number of nitrogens with zero attached hydrogens (tertiary/aromatic N) is 1. The van der Waals surface area contributed by atoms with Crippen LogP contribution < -0.4 is 9.62 Å². The average molecular weight is 304 g/mol. The number of likely N-dealkylation sites (N-methyl/N-ethyl adjacent to an activating group) is 1. The van der Waals surface area contributed by atoms with Crippen LogP contribution in [0.2, 0.25) is 0 Å². The SMILES string of the molecule is C[C@H](CNS(=O)(=O)c1ccccc1)N(C)c1ccccc1. The van der Waals surface area contributed by atoms with Crippen molar-refractivity contribution in [3.05, 3.63) is 60.7 Å². The van der Waals surface area contributed by atoms with Gasteiger partial charge in [-0.3, -0.25) is 0 Å². The molecule has 0 radical (unpaired) electrons. The lowest BCUT2D eigenvalue weighted by atomic mass is 10.2. The first-order valence-corrected chi connectivity index (χ1v) is 8.31. The number of sulfonamides is 1. The van der Waals surface area contributed by atoms with Crippen molar-refractivity contribution in [1.29, 1.82) is 0 Å². The zero-order chi connectivity index (χ0) is 15.3. The molecule has 0 aliphatic carbocycles. The number of rotatable bonds is 6. The molecule has 0 unspecified atom stereocenters. The normalized spacial score (nSPS) is 12.9. The van der Waals surface area contributed by atoms with E-state index >= 15 is 0 Å². The predicted octanol–water partition coefficient (Wildman–Crippen LogP) is 2.49. The molecule has 0 fully saturated rings. The van der Waals surface area contributed by atoms with Gasteiger partial charge < -0.3 is 4.90 Å². The van der Waals surface area contributed by atoms with Gasteiger partial charge in [0.15, 0.2) is 0 Å². The minimum atomic E-state index is -3.45. The summed E-state index contributed by atoms with van der Waals surface area (Å²) < 4.78 is 27.0. The van der Waals surface area contributed by atoms with E-state index in [9.17, 15) is 8.42 Å². The lowest BCUT2D eigenvalue weighted by Gasteiger charge is -2.27. The Balaban J connectivity index is 2.00. The van der Waals surface area contributed by atoms with Gasteiger partial charge in [0.25, 0.3) is 0 Å². The van der Waals surface area contributed by atoms with Crippen LogP contribution in [0.1, 0.15) is 6.92 Å². The van der Waals surface area contributed by atoms with E-state index in [1.54, 1.807) is 30.3 Å². The topological polar surface area (TPSA) is 49.4 Å². The molecule has 5 heteroatoms. The van der Waals surface area contributed by atoms with Gasteiger partial charge in [-0.1, -0.05) is 36.4 Å². The summed E-state index contributed by atoms with van der Waals surface area (Å²) >= 11 is 0. The molecule has 4 nitrogen and oxygen atoms in total. The molecule has 0 heterocycles. The summed E-state index contributed by atoms with van der Waals surface area (Å²) in [6.07, 6.45) is 0. The Kier molecular flexibility index (Phi) is 4.98. The average Bonchev–Trinajstić information content (AvgIpc) is 2.53. The third-order valence-electron chi connectivity index (χ3n) is 3.45. The maximum Gasteiger partial charge on any atom is 0.240 e. The first-order chi connectivity index (χ1) is 10.0. The van der Waals surface area contributed by atoms with Gasteiger partial charge in [-0.25, -0.2) is 13.1 Å². The van der Waals surface area contributed by atoms with Crippen molar-refractivity contribution in [2.24, 2.45) is 0 Å². The molecule has 21 heavy (non-hydrogen) atoms. The van der Waals surface area contributed by atoms with Gasteiger partial charge in [0, 0.05) is 25.3 Å². The van der Waals surface area contributed by atoms with E-state index in [2.05, 4.69) is 4.72 Å². The molecule has 0 aromatic heterocycles. The van der Waals surface area contributed by atoms with Crippen molar-refractivity contribution in [2.45, 2.75) is 17.9 Å². The Morgan fingerprint density at radius 3 is 2.10 bits per heavy atom. The van der Waals surface area contributed by atoms with Gasteiger partial charge in [-0.05, 0) is 31.2 Å². The summed E-state index contributed by atoms with van der Waals surface area (Å²) in [6, 6.07) is 18.4. The number of nitrogens with one attached hydrogen (secondary N) is 1. The summed E-state index contributed by atoms with van der Waals surface area (Å²) in [4.78, 5) is 2.34. The second-order valence-electron chi connectivity index (χ2n) is 4.96. The quantitative estimate of drug-likeness (QED) is 0.892. The molecule has 1 N–H and O–H groups in total. The molecule has 0 spiro atoms. The highest BCUT2D eigenvalue weighted by atomic mass is 32.2. The maximum absolute atomic E-state index is 12.2. The van der Waals surface area contributed by atoms with Crippen molar-refractivity contribution < 1.29 is 8.42 Å². The third kappa shape index (κ3) is 4.06. The van der Waals surface area contributed by atoms with Crippen LogP contribution in [0, 0.1) is 0 Å². The van der Waals surface area contributed by atoms with Crippen LogP contribution in [0.25, 0.3) is 0 Å². The second kappa shape index (κ2) is 6.74. The summed E-state index contributed by atoms with van der Waals surface area (Å²) in [6.45, 7) is 2.34. The molecule has 0 bridgehead atoms. The third-order valence-corrected chi connectivity index (χ3v) is 4.89. The van der Waals surface area contributed by atoms with Crippen LogP contribution in [-0.2, 0) is 10.0 Å². The molecule has 0 aliphatic rings. The smallest absolute Gasteiger partial charge is 0.240 e. The summed E-state index contributed by atoms with van der Waals surface area (Å²) in [5.41, 5.74) is 1.06. The van der Waals surface area contributed by atoms with Crippen molar-refractivity contribution in [3.63, 3.8) is 0 Å². The highest BCUT2D eigenvalue weighted by Gasteiger charge is 2.16. The van der Waals surface area contributed by atoms with Crippen molar-refractivity contribution >= 4 is 15.7 Å². The molecule has 112 valence electrons. The molecule has 0 amide bonds. The highest BCUT2D eigenvalue weighted by Crippen LogP contribution is 2.14. The maximum atomic E-state index is 12.2. The summed E-state index contributed by atoms with van der Waals surface area (Å²) in [7, 11) is -1.49. The molecule has 0 aliphatic heterocycles. The predicted molar refractivity (Wildman–Crippen MR) is 85.9 cm³/mol. The van der Waals surface area contributed by atoms with Crippen molar-refractivity contribution in [3.8, 4) is 0 Å². The molecular formula is C16H20N2O2S. The van der Waals surface area contributed by atoms with Crippen molar-refractivity contribution in [1.82, 2.24) is 4.72 Å². The lowest BCUT2D eigenvalue weighted by Crippen LogP contribution is -2.40. The van der Waals surface area contributed by atoms with Crippen LogP contribution in [-0.4, -0.2) is 28.1 Å². The molecule has 0 saturated heterocycles. The van der Waals surface area contributed by atoms with Gasteiger partial charge >= 0.3 is 0 Å². The van der Waals surface area contributed by atoms with Crippen LogP contribution in [0.5, 0.6) is 0 Å². The van der Waals surface area contributed by atoms with Crippen LogP contribution in [0.4, 0.5) is 5.69 Å². The van der Waals surface area contributed by atoms with E-state index in [4.69, 9.17) is 0 Å². The van der Waals surface area contributed by atoms with Gasteiger partial charge in [0.05, 0.1) is 4.90 Å². The summed E-state index contributed by atoms with van der Waals surface area (Å²) in [5, 5.41) is 0. The van der Waals surface area contributed by atoms with E-state index in [1.165, 1.54) is 0 Å². The van der Waals surface area contributed by atoms with Gasteiger partial charge in [-0.2, -0.15) is 0 Å². The van der Waals surface area contributed by atoms with E-state index in [-0.39, 0.29) is 6.04 Å². The van der Waals surface area contributed by atoms with Crippen LogP contribution in [0.3, 0.4) is 0 Å². The number of hydrogen-bond donors (Lipinski definition) is 1. The molecule has 2 aromatic rings. The Morgan fingerprint density at radius 2 is 1.52 bits per heavy atom. The van der Waals surface area contributed by atoms with E-state index < -0.39 is 10.0 Å².